The van der Waals surface area contributed by atoms with Gasteiger partial charge in [0.05, 0.1) is 6.10 Å². The molecule has 0 bridgehead atoms. The van der Waals surface area contributed by atoms with Crippen molar-refractivity contribution in [2.45, 2.75) is 44.8 Å². The number of hydrogen-bond donors (Lipinski definition) is 1. The predicted molar refractivity (Wildman–Crippen MR) is 87.9 cm³/mol. The van der Waals surface area contributed by atoms with Crippen molar-refractivity contribution < 1.29 is 18.7 Å². The number of amides is 1. The van der Waals surface area contributed by atoms with Crippen LogP contribution in [0.1, 0.15) is 55.0 Å². The Morgan fingerprint density at radius 3 is 3.08 bits per heavy atom. The number of carbonyl (C=O) groups is 1. The normalized spacial score (nSPS) is 25.5. The van der Waals surface area contributed by atoms with Crippen molar-refractivity contribution in [3.05, 3.63) is 17.8 Å². The summed E-state index contributed by atoms with van der Waals surface area (Å²) < 4.78 is 16.6. The minimum Gasteiger partial charge on any atom is -0.445 e. The third-order valence-corrected chi connectivity index (χ3v) is 4.51. The number of nitrogens with one attached hydrogen (secondary N) is 1. The van der Waals surface area contributed by atoms with E-state index in [1.165, 1.54) is 6.39 Å². The molecule has 2 fully saturated rings. The highest BCUT2D eigenvalue weighted by molar-refractivity contribution is 5.93. The van der Waals surface area contributed by atoms with Crippen LogP contribution in [0.15, 0.2) is 10.8 Å². The second-order valence-corrected chi connectivity index (χ2v) is 6.51. The fourth-order valence-corrected chi connectivity index (χ4v) is 3.31. The Morgan fingerprint density at radius 1 is 1.38 bits per heavy atom. The quantitative estimate of drug-likeness (QED) is 0.797. The zero-order valence-electron chi connectivity index (χ0n) is 14.3. The lowest BCUT2D eigenvalue weighted by molar-refractivity contribution is 0.0675. The van der Waals surface area contributed by atoms with E-state index >= 15 is 0 Å². The molecule has 1 aromatic heterocycles. The van der Waals surface area contributed by atoms with E-state index in [0.29, 0.717) is 24.6 Å². The highest BCUT2D eigenvalue weighted by atomic mass is 16.5. The maximum absolute atomic E-state index is 12.3. The fourth-order valence-electron chi connectivity index (χ4n) is 3.31. The third-order valence-electron chi connectivity index (χ3n) is 4.51. The topological polar surface area (TPSA) is 76.8 Å². The van der Waals surface area contributed by atoms with Crippen LogP contribution < -0.4 is 5.32 Å². The van der Waals surface area contributed by atoms with Gasteiger partial charge in [0.1, 0.15) is 6.10 Å². The molecule has 24 heavy (non-hydrogen) atoms. The van der Waals surface area contributed by atoms with Crippen molar-refractivity contribution in [1.82, 2.24) is 15.2 Å². The van der Waals surface area contributed by atoms with Crippen LogP contribution in [0.4, 0.5) is 0 Å². The van der Waals surface area contributed by atoms with E-state index in [-0.39, 0.29) is 18.1 Å². The molecule has 7 heteroatoms. The van der Waals surface area contributed by atoms with Gasteiger partial charge in [-0.2, -0.15) is 0 Å². The van der Waals surface area contributed by atoms with Gasteiger partial charge < -0.3 is 24.1 Å². The van der Waals surface area contributed by atoms with Gasteiger partial charge in [-0.25, -0.2) is 4.98 Å². The highest BCUT2D eigenvalue weighted by Crippen LogP contribution is 2.30. The van der Waals surface area contributed by atoms with Gasteiger partial charge in [-0.1, -0.05) is 0 Å². The fraction of sp³-hybridized carbons (Fsp3) is 0.765. The van der Waals surface area contributed by atoms with E-state index in [2.05, 4.69) is 22.1 Å². The van der Waals surface area contributed by atoms with Crippen molar-refractivity contribution >= 4 is 5.91 Å². The monoisotopic (exact) mass is 337 g/mol. The SMILES string of the molecule is C[C@@H]1CN(CCCNC(=O)c2ncoc2[C@@H]2CCCO2)CCCO1. The minimum atomic E-state index is -0.179. The van der Waals surface area contributed by atoms with Crippen molar-refractivity contribution in [2.24, 2.45) is 0 Å². The molecule has 2 aliphatic rings. The zero-order chi connectivity index (χ0) is 16.8. The Kier molecular flexibility index (Phi) is 6.23. The number of ether oxygens (including phenoxy) is 2. The van der Waals surface area contributed by atoms with Crippen LogP contribution in [0.25, 0.3) is 0 Å². The first kappa shape index (κ1) is 17.4. The van der Waals surface area contributed by atoms with E-state index in [1.54, 1.807) is 0 Å². The Morgan fingerprint density at radius 2 is 2.25 bits per heavy atom. The summed E-state index contributed by atoms with van der Waals surface area (Å²) in [5, 5.41) is 2.94. The average molecular weight is 337 g/mol. The molecular weight excluding hydrogens is 310 g/mol. The van der Waals surface area contributed by atoms with Crippen LogP contribution in [0.2, 0.25) is 0 Å². The molecule has 1 aromatic rings. The number of aromatic nitrogens is 1. The first-order valence-corrected chi connectivity index (χ1v) is 8.91. The summed E-state index contributed by atoms with van der Waals surface area (Å²) in [6.07, 6.45) is 5.32. The Hall–Kier alpha value is -1.44. The molecule has 3 heterocycles. The van der Waals surface area contributed by atoms with Crippen LogP contribution in [0, 0.1) is 0 Å². The van der Waals surface area contributed by atoms with Gasteiger partial charge in [-0.3, -0.25) is 4.79 Å². The van der Waals surface area contributed by atoms with Crippen molar-refractivity contribution in [3.63, 3.8) is 0 Å². The predicted octanol–water partition coefficient (Wildman–Crippen LogP) is 1.76. The third kappa shape index (κ3) is 4.55. The molecule has 3 rings (SSSR count). The Labute approximate surface area is 142 Å². The molecule has 2 atom stereocenters. The van der Waals surface area contributed by atoms with Crippen LogP contribution in [-0.4, -0.2) is 61.3 Å². The molecule has 134 valence electrons. The lowest BCUT2D eigenvalue weighted by atomic mass is 10.1. The molecule has 2 saturated heterocycles. The van der Waals surface area contributed by atoms with E-state index in [4.69, 9.17) is 13.9 Å². The summed E-state index contributed by atoms with van der Waals surface area (Å²) in [6, 6.07) is 0. The van der Waals surface area contributed by atoms with Gasteiger partial charge >= 0.3 is 0 Å². The molecular formula is C17H27N3O4. The molecule has 2 aliphatic heterocycles. The van der Waals surface area contributed by atoms with Crippen molar-refractivity contribution in [2.75, 3.05) is 39.4 Å². The number of carbonyl (C=O) groups excluding carboxylic acids is 1. The molecule has 7 nitrogen and oxygen atoms in total. The summed E-state index contributed by atoms with van der Waals surface area (Å²) in [6.45, 7) is 7.27. The van der Waals surface area contributed by atoms with E-state index in [0.717, 1.165) is 51.9 Å². The number of hydrogen-bond acceptors (Lipinski definition) is 6. The Balaban J connectivity index is 1.42. The number of oxazole rings is 1. The van der Waals surface area contributed by atoms with Crippen molar-refractivity contribution in [3.8, 4) is 0 Å². The lowest BCUT2D eigenvalue weighted by Crippen LogP contribution is -2.34. The van der Waals surface area contributed by atoms with Crippen LogP contribution in [0.3, 0.4) is 0 Å². The van der Waals surface area contributed by atoms with Gasteiger partial charge in [-0.05, 0) is 39.2 Å². The maximum atomic E-state index is 12.3. The first-order chi connectivity index (χ1) is 11.7. The maximum Gasteiger partial charge on any atom is 0.273 e. The zero-order valence-corrected chi connectivity index (χ0v) is 14.3. The molecule has 0 radical (unpaired) electrons. The first-order valence-electron chi connectivity index (χ1n) is 8.91. The summed E-state index contributed by atoms with van der Waals surface area (Å²) in [4.78, 5) is 18.8. The van der Waals surface area contributed by atoms with E-state index in [1.807, 2.05) is 0 Å². The summed E-state index contributed by atoms with van der Waals surface area (Å²) in [5.74, 6) is 0.380. The molecule has 0 aliphatic carbocycles. The molecule has 0 unspecified atom stereocenters. The van der Waals surface area contributed by atoms with Gasteiger partial charge in [0.2, 0.25) is 0 Å². The van der Waals surface area contributed by atoms with Gasteiger partial charge in [0.15, 0.2) is 17.8 Å². The highest BCUT2D eigenvalue weighted by Gasteiger charge is 2.27. The van der Waals surface area contributed by atoms with Gasteiger partial charge in [0, 0.05) is 32.8 Å². The van der Waals surface area contributed by atoms with E-state index in [9.17, 15) is 4.79 Å². The smallest absolute Gasteiger partial charge is 0.273 e. The van der Waals surface area contributed by atoms with E-state index < -0.39 is 0 Å². The van der Waals surface area contributed by atoms with Gasteiger partial charge in [0.25, 0.3) is 5.91 Å². The number of rotatable bonds is 6. The molecule has 1 amide bonds. The Bertz CT molecular complexity index is 528. The molecule has 0 spiro atoms. The number of nitrogens with zero attached hydrogens (tertiary/aromatic N) is 2. The molecule has 0 saturated carbocycles. The summed E-state index contributed by atoms with van der Waals surface area (Å²) >= 11 is 0. The van der Waals surface area contributed by atoms with Crippen LogP contribution in [-0.2, 0) is 9.47 Å². The van der Waals surface area contributed by atoms with Crippen LogP contribution in [0.5, 0.6) is 0 Å². The second-order valence-electron chi connectivity index (χ2n) is 6.51. The second kappa shape index (κ2) is 8.60. The minimum absolute atomic E-state index is 0.133. The lowest BCUT2D eigenvalue weighted by Gasteiger charge is -2.21. The molecule has 1 N–H and O–H groups in total. The molecule has 0 aromatic carbocycles. The summed E-state index contributed by atoms with van der Waals surface area (Å²) in [5.41, 5.74) is 0.360. The van der Waals surface area contributed by atoms with Gasteiger partial charge in [-0.15, -0.1) is 0 Å². The largest absolute Gasteiger partial charge is 0.445 e. The van der Waals surface area contributed by atoms with Crippen molar-refractivity contribution in [1.29, 1.82) is 0 Å². The van der Waals surface area contributed by atoms with Crippen LogP contribution >= 0.6 is 0 Å². The standard InChI is InChI=1S/C17H27N3O4/c1-13-11-20(8-4-10-22-13)7-3-6-18-17(21)15-16(24-12-19-15)14-5-2-9-23-14/h12-14H,2-11H2,1H3,(H,18,21)/t13-,14+/m1/s1. The summed E-state index contributed by atoms with van der Waals surface area (Å²) in [7, 11) is 0. The average Bonchev–Trinajstić information content (AvgIpc) is 3.21.